The second-order valence-corrected chi connectivity index (χ2v) is 12.4. The first-order valence-corrected chi connectivity index (χ1v) is 15.0. The lowest BCUT2D eigenvalue weighted by atomic mass is 9.81. The molecular formula is C33H27N3O4S. The first kappa shape index (κ1) is 26.5. The lowest BCUT2D eigenvalue weighted by Gasteiger charge is -2.32. The van der Waals surface area contributed by atoms with Crippen LogP contribution in [-0.4, -0.2) is 43.0 Å². The van der Waals surface area contributed by atoms with E-state index in [0.29, 0.717) is 11.5 Å². The molecule has 0 bridgehead atoms. The van der Waals surface area contributed by atoms with Crippen molar-refractivity contribution in [3.05, 3.63) is 137 Å². The summed E-state index contributed by atoms with van der Waals surface area (Å²) in [7, 11) is -3.63. The van der Waals surface area contributed by atoms with Crippen LogP contribution in [0.5, 0.6) is 0 Å². The Labute approximate surface area is 239 Å². The summed E-state index contributed by atoms with van der Waals surface area (Å²) < 4.78 is 32.9. The predicted molar refractivity (Wildman–Crippen MR) is 155 cm³/mol. The van der Waals surface area contributed by atoms with Crippen molar-refractivity contribution in [2.24, 2.45) is 4.99 Å². The number of nitriles is 1. The summed E-state index contributed by atoms with van der Waals surface area (Å²) in [6.45, 7) is 0.243. The highest BCUT2D eigenvalue weighted by Crippen LogP contribution is 2.46. The van der Waals surface area contributed by atoms with E-state index in [0.717, 1.165) is 22.3 Å². The fraction of sp³-hybridized carbons (Fsp3) is 0.182. The zero-order valence-electron chi connectivity index (χ0n) is 22.2. The van der Waals surface area contributed by atoms with E-state index in [1.807, 2.05) is 66.7 Å². The van der Waals surface area contributed by atoms with Gasteiger partial charge in [-0.15, -0.1) is 0 Å². The van der Waals surface area contributed by atoms with Gasteiger partial charge in [0.15, 0.2) is 21.5 Å². The summed E-state index contributed by atoms with van der Waals surface area (Å²) in [5.41, 5.74) is 2.45. The average Bonchev–Trinajstić information content (AvgIpc) is 3.36. The van der Waals surface area contributed by atoms with Gasteiger partial charge in [0.05, 0.1) is 22.3 Å². The van der Waals surface area contributed by atoms with E-state index in [-0.39, 0.29) is 36.1 Å². The molecule has 0 saturated carbocycles. The maximum absolute atomic E-state index is 14.7. The van der Waals surface area contributed by atoms with E-state index in [1.54, 1.807) is 47.4 Å². The van der Waals surface area contributed by atoms with Gasteiger partial charge in [0.1, 0.15) is 0 Å². The molecular weight excluding hydrogens is 534 g/mol. The van der Waals surface area contributed by atoms with Crippen LogP contribution >= 0.6 is 0 Å². The Morgan fingerprint density at radius 1 is 0.902 bits per heavy atom. The molecule has 2 atom stereocenters. The Kier molecular flexibility index (Phi) is 6.90. The number of sulfone groups is 1. The van der Waals surface area contributed by atoms with Crippen molar-refractivity contribution in [1.82, 2.24) is 4.90 Å². The molecule has 0 aromatic heterocycles. The molecule has 4 aromatic rings. The van der Waals surface area contributed by atoms with Gasteiger partial charge in [0.25, 0.3) is 5.91 Å². The summed E-state index contributed by atoms with van der Waals surface area (Å²) in [5.74, 6) is -0.151. The van der Waals surface area contributed by atoms with Crippen molar-refractivity contribution in [1.29, 1.82) is 5.26 Å². The molecule has 41 heavy (non-hydrogen) atoms. The number of fused-ring (bicyclic) bond motifs is 3. The van der Waals surface area contributed by atoms with Gasteiger partial charge in [-0.05, 0) is 47.5 Å². The number of carbonyl (C=O) groups excluding carboxylic acids is 1. The van der Waals surface area contributed by atoms with Gasteiger partial charge in [-0.3, -0.25) is 4.79 Å². The van der Waals surface area contributed by atoms with E-state index in [2.05, 4.69) is 6.07 Å². The molecule has 2 heterocycles. The van der Waals surface area contributed by atoms with Gasteiger partial charge in [0.2, 0.25) is 5.90 Å². The Hall–Kier alpha value is -4.74. The Morgan fingerprint density at radius 3 is 2.27 bits per heavy atom. The van der Waals surface area contributed by atoms with Crippen LogP contribution in [-0.2, 0) is 32.3 Å². The third kappa shape index (κ3) is 5.01. The molecule has 0 unspecified atom stereocenters. The van der Waals surface area contributed by atoms with Crippen LogP contribution < -0.4 is 0 Å². The minimum absolute atomic E-state index is 0.00241. The van der Waals surface area contributed by atoms with Gasteiger partial charge in [0, 0.05) is 30.6 Å². The van der Waals surface area contributed by atoms with E-state index < -0.39 is 21.5 Å². The number of aliphatic imine (C=N–C) groups is 1. The van der Waals surface area contributed by atoms with Gasteiger partial charge in [-0.25, -0.2) is 13.4 Å². The maximum Gasteiger partial charge on any atom is 0.255 e. The van der Waals surface area contributed by atoms with Gasteiger partial charge >= 0.3 is 0 Å². The topological polar surface area (TPSA) is 99.8 Å². The summed E-state index contributed by atoms with van der Waals surface area (Å²) in [6.07, 6.45) is -0.498. The van der Waals surface area contributed by atoms with Crippen LogP contribution in [0.2, 0.25) is 0 Å². The molecule has 0 radical (unpaired) electrons. The zero-order chi connectivity index (χ0) is 28.5. The minimum Gasteiger partial charge on any atom is -0.466 e. The summed E-state index contributed by atoms with van der Waals surface area (Å²) in [5, 5.41) is 9.29. The largest absolute Gasteiger partial charge is 0.466 e. The second kappa shape index (κ2) is 10.7. The van der Waals surface area contributed by atoms with E-state index in [1.165, 1.54) is 0 Å². The number of ether oxygens (including phenoxy) is 1. The minimum atomic E-state index is -3.63. The van der Waals surface area contributed by atoms with Crippen molar-refractivity contribution < 1.29 is 17.9 Å². The molecule has 1 amide bonds. The van der Waals surface area contributed by atoms with Crippen LogP contribution in [0.15, 0.2) is 119 Å². The van der Waals surface area contributed by atoms with Crippen molar-refractivity contribution in [2.75, 3.05) is 12.3 Å². The van der Waals surface area contributed by atoms with E-state index in [4.69, 9.17) is 9.73 Å². The molecule has 2 aliphatic rings. The molecule has 2 aliphatic heterocycles. The quantitative estimate of drug-likeness (QED) is 0.320. The highest BCUT2D eigenvalue weighted by Gasteiger charge is 2.56. The molecule has 0 saturated heterocycles. The molecule has 0 aliphatic carbocycles. The Balaban J connectivity index is 1.45. The van der Waals surface area contributed by atoms with Crippen LogP contribution in [0.25, 0.3) is 0 Å². The second-order valence-electron chi connectivity index (χ2n) is 10.2. The predicted octanol–water partition coefficient (Wildman–Crippen LogP) is 4.87. The molecule has 7 nitrogen and oxygen atoms in total. The first-order valence-electron chi connectivity index (χ1n) is 13.4. The van der Waals surface area contributed by atoms with Crippen LogP contribution in [0.1, 0.15) is 33.9 Å². The molecule has 0 N–H and O–H groups in total. The third-order valence-corrected chi connectivity index (χ3v) is 9.34. The third-order valence-electron chi connectivity index (χ3n) is 7.63. The monoisotopic (exact) mass is 561 g/mol. The van der Waals surface area contributed by atoms with Gasteiger partial charge in [-0.2, -0.15) is 5.26 Å². The van der Waals surface area contributed by atoms with Crippen LogP contribution in [0.4, 0.5) is 0 Å². The molecule has 6 rings (SSSR count). The van der Waals surface area contributed by atoms with Crippen molar-refractivity contribution in [3.8, 4) is 6.07 Å². The SMILES string of the molecule is N#Cc1ccc(C[C@]23N=C(c4ccccc4)O[C@H]2c2ccccc2CN(CCS(=O)(=O)c2ccccc2)C3=O)cc1. The van der Waals surface area contributed by atoms with Crippen molar-refractivity contribution in [3.63, 3.8) is 0 Å². The number of rotatable bonds is 7. The number of hydrogen-bond acceptors (Lipinski definition) is 6. The molecule has 0 fully saturated rings. The smallest absolute Gasteiger partial charge is 0.255 e. The fourth-order valence-corrected chi connectivity index (χ4v) is 6.80. The van der Waals surface area contributed by atoms with E-state index in [9.17, 15) is 18.5 Å². The average molecular weight is 562 g/mol. The zero-order valence-corrected chi connectivity index (χ0v) is 23.0. The van der Waals surface area contributed by atoms with Crippen LogP contribution in [0, 0.1) is 11.3 Å². The summed E-state index contributed by atoms with van der Waals surface area (Å²) >= 11 is 0. The number of nitrogens with zero attached hydrogens (tertiary/aromatic N) is 3. The number of amides is 1. The molecule has 4 aromatic carbocycles. The highest BCUT2D eigenvalue weighted by atomic mass is 32.2. The lowest BCUT2D eigenvalue weighted by Crippen LogP contribution is -2.50. The molecule has 8 heteroatoms. The first-order chi connectivity index (χ1) is 19.9. The summed E-state index contributed by atoms with van der Waals surface area (Å²) in [6, 6.07) is 34.7. The van der Waals surface area contributed by atoms with Gasteiger partial charge < -0.3 is 9.64 Å². The Bertz CT molecular complexity index is 1760. The number of hydrogen-bond donors (Lipinski definition) is 0. The standard InChI is InChI=1S/C33H27N3O4S/c34-22-25-17-15-24(16-18-25)21-33-30(40-31(35-33)26-9-3-1-4-10-26)29-14-8-7-11-27(29)23-36(32(33)37)19-20-41(38,39)28-12-5-2-6-13-28/h1-18,30H,19-21,23H2/t30-,33-/m0/s1. The summed E-state index contributed by atoms with van der Waals surface area (Å²) in [4.78, 5) is 21.5. The molecule has 0 spiro atoms. The van der Waals surface area contributed by atoms with Crippen molar-refractivity contribution >= 4 is 21.6 Å². The number of carbonyl (C=O) groups is 1. The molecule has 204 valence electrons. The van der Waals surface area contributed by atoms with E-state index >= 15 is 0 Å². The Morgan fingerprint density at radius 2 is 1.56 bits per heavy atom. The van der Waals surface area contributed by atoms with Crippen LogP contribution in [0.3, 0.4) is 0 Å². The maximum atomic E-state index is 14.7. The highest BCUT2D eigenvalue weighted by molar-refractivity contribution is 7.91. The number of benzene rings is 4. The normalized spacial score (nSPS) is 19.8. The fourth-order valence-electron chi connectivity index (χ4n) is 5.53. The lowest BCUT2D eigenvalue weighted by molar-refractivity contribution is -0.139. The van der Waals surface area contributed by atoms with Crippen molar-refractivity contribution in [2.45, 2.75) is 29.5 Å². The van der Waals surface area contributed by atoms with Gasteiger partial charge in [-0.1, -0.05) is 72.8 Å².